The van der Waals surface area contributed by atoms with Gasteiger partial charge in [-0.15, -0.1) is 0 Å². The number of nitrogens with one attached hydrogen (secondary N) is 1. The van der Waals surface area contributed by atoms with Crippen LogP contribution in [0.2, 0.25) is 0 Å². The molecule has 0 unspecified atom stereocenters. The van der Waals surface area contributed by atoms with Crippen LogP contribution in [-0.4, -0.2) is 25.6 Å². The second kappa shape index (κ2) is 12.7. The van der Waals surface area contributed by atoms with Crippen molar-refractivity contribution in [1.29, 1.82) is 0 Å². The molecule has 42 heavy (non-hydrogen) atoms. The molecule has 212 valence electrons. The van der Waals surface area contributed by atoms with Crippen LogP contribution in [0.5, 0.6) is 0 Å². The number of hydrogen-bond donors (Lipinski definition) is 1. The molecule has 0 atom stereocenters. The van der Waals surface area contributed by atoms with E-state index in [4.69, 9.17) is 4.74 Å². The zero-order chi connectivity index (χ0) is 29.5. The van der Waals surface area contributed by atoms with E-state index in [1.807, 2.05) is 79.7 Å². The number of hydrogen-bond acceptors (Lipinski definition) is 4. The number of rotatable bonds is 10. The van der Waals surface area contributed by atoms with E-state index in [-0.39, 0.29) is 11.5 Å². The van der Waals surface area contributed by atoms with Gasteiger partial charge < -0.3 is 9.30 Å². The van der Waals surface area contributed by atoms with Crippen molar-refractivity contribution >= 4 is 38.5 Å². The van der Waals surface area contributed by atoms with Gasteiger partial charge >= 0.3 is 5.97 Å². The minimum atomic E-state index is -3.85. The van der Waals surface area contributed by atoms with Crippen molar-refractivity contribution in [2.24, 2.45) is 0 Å². The maximum absolute atomic E-state index is 13.4. The highest BCUT2D eigenvalue weighted by molar-refractivity contribution is 7.89. The SMILES string of the molecule is CCOC(=O)/C=C/c1c(C(=CNS(=O)(=O)c2ccc(C)cc2)c2ccccc2)c2ccccc2n1Cc1ccccc1. The number of esters is 1. The van der Waals surface area contributed by atoms with E-state index in [2.05, 4.69) is 21.4 Å². The lowest BCUT2D eigenvalue weighted by Crippen LogP contribution is -2.18. The summed E-state index contributed by atoms with van der Waals surface area (Å²) in [4.78, 5) is 12.6. The molecule has 5 rings (SSSR count). The third-order valence-corrected chi connectivity index (χ3v) is 8.22. The van der Waals surface area contributed by atoms with E-state index in [9.17, 15) is 13.2 Å². The van der Waals surface area contributed by atoms with Crippen molar-refractivity contribution in [1.82, 2.24) is 9.29 Å². The number of aryl methyl sites for hydroxylation is 1. The molecular weight excluding hydrogens is 544 g/mol. The molecule has 0 saturated carbocycles. The highest BCUT2D eigenvalue weighted by atomic mass is 32.2. The van der Waals surface area contributed by atoms with Crippen molar-refractivity contribution < 1.29 is 17.9 Å². The van der Waals surface area contributed by atoms with Crippen LogP contribution in [0.4, 0.5) is 0 Å². The van der Waals surface area contributed by atoms with Crippen LogP contribution >= 0.6 is 0 Å². The second-order valence-corrected chi connectivity index (χ2v) is 11.5. The van der Waals surface area contributed by atoms with Gasteiger partial charge in [-0.25, -0.2) is 13.2 Å². The van der Waals surface area contributed by atoms with Crippen molar-refractivity contribution in [2.45, 2.75) is 25.3 Å². The number of ether oxygens (including phenoxy) is 1. The average molecular weight is 577 g/mol. The van der Waals surface area contributed by atoms with Crippen LogP contribution in [0.3, 0.4) is 0 Å². The van der Waals surface area contributed by atoms with Gasteiger partial charge in [0.25, 0.3) is 10.0 Å². The van der Waals surface area contributed by atoms with Gasteiger partial charge in [0.05, 0.1) is 17.2 Å². The van der Waals surface area contributed by atoms with E-state index in [0.29, 0.717) is 12.1 Å². The minimum Gasteiger partial charge on any atom is -0.463 e. The predicted molar refractivity (Wildman–Crippen MR) is 168 cm³/mol. The first-order chi connectivity index (χ1) is 20.4. The molecule has 0 aliphatic heterocycles. The fourth-order valence-electron chi connectivity index (χ4n) is 4.89. The Hall–Kier alpha value is -4.88. The summed E-state index contributed by atoms with van der Waals surface area (Å²) in [6.45, 7) is 4.48. The number of aromatic nitrogens is 1. The molecule has 0 amide bonds. The first kappa shape index (κ1) is 28.6. The highest BCUT2D eigenvalue weighted by Crippen LogP contribution is 2.36. The van der Waals surface area contributed by atoms with E-state index in [1.165, 1.54) is 6.08 Å². The Morgan fingerprint density at radius 3 is 2.19 bits per heavy atom. The normalized spacial score (nSPS) is 12.1. The van der Waals surface area contributed by atoms with Crippen molar-refractivity contribution in [3.05, 3.63) is 149 Å². The minimum absolute atomic E-state index is 0.172. The number of para-hydroxylation sites is 1. The summed E-state index contributed by atoms with van der Waals surface area (Å²) in [7, 11) is -3.85. The van der Waals surface area contributed by atoms with Gasteiger partial charge in [0.15, 0.2) is 0 Å². The van der Waals surface area contributed by atoms with Crippen LogP contribution in [-0.2, 0) is 26.1 Å². The fraction of sp³-hybridized carbons (Fsp3) is 0.114. The molecule has 0 bridgehead atoms. The molecule has 1 aromatic heterocycles. The first-order valence-corrected chi connectivity index (χ1v) is 15.2. The Morgan fingerprint density at radius 2 is 1.50 bits per heavy atom. The first-order valence-electron chi connectivity index (χ1n) is 13.7. The second-order valence-electron chi connectivity index (χ2n) is 9.79. The monoisotopic (exact) mass is 576 g/mol. The molecule has 1 N–H and O–H groups in total. The number of carbonyl (C=O) groups is 1. The number of nitrogens with zero attached hydrogens (tertiary/aromatic N) is 1. The summed E-state index contributed by atoms with van der Waals surface area (Å²) in [5.74, 6) is -0.453. The topological polar surface area (TPSA) is 77.4 Å². The van der Waals surface area contributed by atoms with Crippen LogP contribution in [0.1, 0.15) is 34.9 Å². The Bertz CT molecular complexity index is 1860. The molecule has 6 nitrogen and oxygen atoms in total. The van der Waals surface area contributed by atoms with E-state index in [1.54, 1.807) is 43.5 Å². The maximum atomic E-state index is 13.4. The summed E-state index contributed by atoms with van der Waals surface area (Å²) in [6.07, 6.45) is 4.71. The lowest BCUT2D eigenvalue weighted by molar-refractivity contribution is -0.137. The molecule has 0 aliphatic carbocycles. The van der Waals surface area contributed by atoms with Crippen molar-refractivity contribution in [3.8, 4) is 0 Å². The smallest absolute Gasteiger partial charge is 0.330 e. The summed E-state index contributed by atoms with van der Waals surface area (Å²) in [5, 5.41) is 0.918. The molecule has 0 radical (unpaired) electrons. The summed E-state index contributed by atoms with van der Waals surface area (Å²) >= 11 is 0. The van der Waals surface area contributed by atoms with E-state index in [0.717, 1.165) is 38.9 Å². The average Bonchev–Trinajstić information content (AvgIpc) is 3.30. The van der Waals surface area contributed by atoms with Crippen LogP contribution in [0.15, 0.2) is 126 Å². The Morgan fingerprint density at radius 1 is 0.857 bits per heavy atom. The Kier molecular flexibility index (Phi) is 8.69. The Labute approximate surface area is 246 Å². The molecule has 0 fully saturated rings. The molecule has 4 aromatic carbocycles. The van der Waals surface area contributed by atoms with Gasteiger partial charge in [0, 0.05) is 40.9 Å². The quantitative estimate of drug-likeness (QED) is 0.144. The molecular formula is C35H32N2O4S. The zero-order valence-corrected chi connectivity index (χ0v) is 24.3. The number of carbonyl (C=O) groups excluding carboxylic acids is 1. The molecule has 7 heteroatoms. The zero-order valence-electron chi connectivity index (χ0n) is 23.5. The maximum Gasteiger partial charge on any atom is 0.330 e. The lowest BCUT2D eigenvalue weighted by Gasteiger charge is -2.13. The largest absolute Gasteiger partial charge is 0.463 e. The predicted octanol–water partition coefficient (Wildman–Crippen LogP) is 6.94. The molecule has 1 heterocycles. The van der Waals surface area contributed by atoms with Gasteiger partial charge in [-0.2, -0.15) is 0 Å². The van der Waals surface area contributed by atoms with Gasteiger partial charge in [0.1, 0.15) is 0 Å². The molecule has 0 spiro atoms. The standard InChI is InChI=1S/C35H32N2O4S/c1-3-41-34(38)23-22-33-35(30-16-10-11-17-32(30)37(33)25-27-12-6-4-7-13-27)31(28-14-8-5-9-15-28)24-36-42(39,40)29-20-18-26(2)19-21-29/h4-24,36H,3,25H2,1-2H3/b23-22+,31-24?. The van der Waals surface area contributed by atoms with Crippen LogP contribution in [0, 0.1) is 6.92 Å². The van der Waals surface area contributed by atoms with Crippen molar-refractivity contribution in [3.63, 3.8) is 0 Å². The van der Waals surface area contributed by atoms with Gasteiger partial charge in [-0.05, 0) is 49.2 Å². The molecule has 0 aliphatic rings. The molecule has 5 aromatic rings. The highest BCUT2D eigenvalue weighted by Gasteiger charge is 2.21. The van der Waals surface area contributed by atoms with E-state index < -0.39 is 16.0 Å². The van der Waals surface area contributed by atoms with E-state index >= 15 is 0 Å². The number of fused-ring (bicyclic) bond motifs is 1. The lowest BCUT2D eigenvalue weighted by atomic mass is 9.96. The number of sulfonamides is 1. The third kappa shape index (κ3) is 6.37. The van der Waals surface area contributed by atoms with Crippen LogP contribution < -0.4 is 4.72 Å². The summed E-state index contributed by atoms with van der Waals surface area (Å²) in [6, 6.07) is 34.4. The third-order valence-electron chi connectivity index (χ3n) is 6.90. The van der Waals surface area contributed by atoms with Gasteiger partial charge in [-0.3, -0.25) is 4.72 Å². The van der Waals surface area contributed by atoms with Crippen LogP contribution in [0.25, 0.3) is 22.6 Å². The van der Waals surface area contributed by atoms with Gasteiger partial charge in [0.2, 0.25) is 0 Å². The number of benzene rings is 4. The summed E-state index contributed by atoms with van der Waals surface area (Å²) in [5.41, 5.74) is 6.02. The molecule has 0 saturated heterocycles. The van der Waals surface area contributed by atoms with Gasteiger partial charge in [-0.1, -0.05) is 96.6 Å². The fourth-order valence-corrected chi connectivity index (χ4v) is 5.80. The Balaban J connectivity index is 1.74. The summed E-state index contributed by atoms with van der Waals surface area (Å²) < 4.78 is 36.8. The van der Waals surface area contributed by atoms with Crippen molar-refractivity contribution in [2.75, 3.05) is 6.61 Å².